The Morgan fingerprint density at radius 1 is 1.18 bits per heavy atom. The van der Waals surface area contributed by atoms with Crippen molar-refractivity contribution in [1.82, 2.24) is 25.3 Å². The van der Waals surface area contributed by atoms with Gasteiger partial charge in [0.25, 0.3) is 0 Å². The standard InChI is InChI=1S/C20H27FN8O4/c1-11(12-7-6-8-24-16(12)21)32-18(30)28-17(29(5)23)15(22)13-9-26-14(10-25-13)27-19(31)33-20(2,3)4/h6-11H,22-23H2,1-5H3,(H,28,30)(H,26,27,31)/b17-15-. The molecule has 1 atom stereocenters. The number of carbonyl (C=O) groups excluding carboxylic acids is 2. The molecule has 13 heteroatoms. The van der Waals surface area contributed by atoms with Crippen LogP contribution < -0.4 is 22.2 Å². The Hall–Kier alpha value is -4.00. The molecule has 2 aromatic heterocycles. The second kappa shape index (κ2) is 10.5. The number of ether oxygens (including phenoxy) is 2. The molecule has 2 heterocycles. The van der Waals surface area contributed by atoms with E-state index in [9.17, 15) is 14.0 Å². The highest BCUT2D eigenvalue weighted by Gasteiger charge is 2.20. The molecule has 0 aliphatic carbocycles. The molecule has 178 valence electrons. The number of anilines is 1. The van der Waals surface area contributed by atoms with Gasteiger partial charge >= 0.3 is 12.2 Å². The largest absolute Gasteiger partial charge is 0.444 e. The molecule has 33 heavy (non-hydrogen) atoms. The molecule has 2 rings (SSSR count). The molecular weight excluding hydrogens is 435 g/mol. The maximum absolute atomic E-state index is 13.8. The van der Waals surface area contributed by atoms with Crippen LogP contribution in [0.4, 0.5) is 19.8 Å². The number of halogens is 1. The van der Waals surface area contributed by atoms with Crippen LogP contribution in [0.5, 0.6) is 0 Å². The van der Waals surface area contributed by atoms with Gasteiger partial charge in [0.2, 0.25) is 5.95 Å². The highest BCUT2D eigenvalue weighted by atomic mass is 19.1. The van der Waals surface area contributed by atoms with Crippen molar-refractivity contribution in [2.24, 2.45) is 11.6 Å². The first kappa shape index (κ1) is 25.3. The molecule has 0 aliphatic rings. The van der Waals surface area contributed by atoms with Crippen LogP contribution in [-0.4, -0.2) is 44.8 Å². The number of carbonyl (C=O) groups is 2. The molecular formula is C20H27FN8O4. The summed E-state index contributed by atoms with van der Waals surface area (Å²) in [6.07, 6.45) is 1.25. The Morgan fingerprint density at radius 2 is 1.88 bits per heavy atom. The summed E-state index contributed by atoms with van der Waals surface area (Å²) in [7, 11) is 1.43. The summed E-state index contributed by atoms with van der Waals surface area (Å²) >= 11 is 0. The zero-order chi connectivity index (χ0) is 24.8. The first-order chi connectivity index (χ1) is 15.4. The minimum Gasteiger partial charge on any atom is -0.444 e. The number of amides is 2. The summed E-state index contributed by atoms with van der Waals surface area (Å²) in [6, 6.07) is 2.97. The number of rotatable bonds is 6. The Kier molecular flexibility index (Phi) is 8.07. The Labute approximate surface area is 190 Å². The normalized spacial score (nSPS) is 12.8. The molecule has 0 saturated heterocycles. The van der Waals surface area contributed by atoms with E-state index in [4.69, 9.17) is 21.1 Å². The van der Waals surface area contributed by atoms with Gasteiger partial charge in [-0.05, 0) is 39.8 Å². The van der Waals surface area contributed by atoms with Crippen LogP contribution in [0.25, 0.3) is 5.70 Å². The zero-order valence-electron chi connectivity index (χ0n) is 18.9. The van der Waals surface area contributed by atoms with Crippen LogP contribution >= 0.6 is 0 Å². The van der Waals surface area contributed by atoms with Gasteiger partial charge < -0.3 is 15.2 Å². The van der Waals surface area contributed by atoms with E-state index in [1.165, 1.54) is 44.7 Å². The maximum Gasteiger partial charge on any atom is 0.413 e. The third kappa shape index (κ3) is 7.57. The predicted octanol–water partition coefficient (Wildman–Crippen LogP) is 2.24. The quantitative estimate of drug-likeness (QED) is 0.283. The van der Waals surface area contributed by atoms with Crippen LogP contribution in [-0.2, 0) is 9.47 Å². The lowest BCUT2D eigenvalue weighted by atomic mass is 10.2. The van der Waals surface area contributed by atoms with Gasteiger partial charge in [0.15, 0.2) is 11.6 Å². The van der Waals surface area contributed by atoms with E-state index in [-0.39, 0.29) is 28.6 Å². The molecule has 12 nitrogen and oxygen atoms in total. The van der Waals surface area contributed by atoms with Crippen molar-refractivity contribution in [2.75, 3.05) is 12.4 Å². The van der Waals surface area contributed by atoms with Gasteiger partial charge in [-0.25, -0.2) is 30.4 Å². The van der Waals surface area contributed by atoms with Gasteiger partial charge in [0, 0.05) is 18.8 Å². The van der Waals surface area contributed by atoms with E-state index >= 15 is 0 Å². The van der Waals surface area contributed by atoms with Crippen LogP contribution in [0.1, 0.15) is 45.1 Å². The molecule has 2 aromatic rings. The number of hydrogen-bond donors (Lipinski definition) is 4. The van der Waals surface area contributed by atoms with Crippen LogP contribution in [0.2, 0.25) is 0 Å². The second-order valence-electron chi connectivity index (χ2n) is 7.84. The third-order valence-electron chi connectivity index (χ3n) is 3.89. The topological polar surface area (TPSA) is 171 Å². The SMILES string of the molecule is CC(OC(=O)N/C(=C(/N)c1cnc(NC(=O)OC(C)(C)C)cn1)N(C)N)c1cccnc1F. The zero-order valence-corrected chi connectivity index (χ0v) is 18.9. The number of nitrogens with two attached hydrogens (primary N) is 2. The summed E-state index contributed by atoms with van der Waals surface area (Å²) < 4.78 is 24.1. The fourth-order valence-electron chi connectivity index (χ4n) is 2.46. The lowest BCUT2D eigenvalue weighted by Crippen LogP contribution is -2.39. The molecule has 0 aliphatic heterocycles. The highest BCUT2D eigenvalue weighted by molar-refractivity contribution is 5.83. The fourth-order valence-corrected chi connectivity index (χ4v) is 2.46. The van der Waals surface area contributed by atoms with Crippen molar-refractivity contribution < 1.29 is 23.5 Å². The Balaban J connectivity index is 2.12. The average molecular weight is 462 g/mol. The minimum atomic E-state index is -0.933. The number of alkyl carbamates (subject to hydrolysis) is 1. The Morgan fingerprint density at radius 3 is 2.42 bits per heavy atom. The molecule has 2 amide bonds. The number of aromatic nitrogens is 3. The number of hydrazine groups is 1. The number of nitrogens with zero attached hydrogens (tertiary/aromatic N) is 4. The van der Waals surface area contributed by atoms with Gasteiger partial charge in [-0.3, -0.25) is 15.6 Å². The number of nitrogens with one attached hydrogen (secondary N) is 2. The van der Waals surface area contributed by atoms with E-state index in [2.05, 4.69) is 25.6 Å². The van der Waals surface area contributed by atoms with Crippen molar-refractivity contribution in [3.05, 3.63) is 53.7 Å². The summed E-state index contributed by atoms with van der Waals surface area (Å²) in [4.78, 5) is 35.8. The van der Waals surface area contributed by atoms with E-state index in [0.29, 0.717) is 0 Å². The maximum atomic E-state index is 13.8. The van der Waals surface area contributed by atoms with Crippen molar-refractivity contribution in [2.45, 2.75) is 39.4 Å². The molecule has 0 aromatic carbocycles. The Bertz CT molecular complexity index is 1020. The molecule has 0 radical (unpaired) electrons. The van der Waals surface area contributed by atoms with Gasteiger partial charge in [-0.15, -0.1) is 0 Å². The van der Waals surface area contributed by atoms with Crippen LogP contribution in [0, 0.1) is 5.95 Å². The van der Waals surface area contributed by atoms with E-state index in [0.717, 1.165) is 5.01 Å². The van der Waals surface area contributed by atoms with Crippen LogP contribution in [0.15, 0.2) is 36.5 Å². The van der Waals surface area contributed by atoms with E-state index < -0.39 is 29.8 Å². The summed E-state index contributed by atoms with van der Waals surface area (Å²) in [5, 5.41) is 5.88. The molecule has 0 fully saturated rings. The van der Waals surface area contributed by atoms with Gasteiger partial charge in [0.1, 0.15) is 23.1 Å². The van der Waals surface area contributed by atoms with Crippen molar-refractivity contribution in [1.29, 1.82) is 0 Å². The first-order valence-corrected chi connectivity index (χ1v) is 9.76. The lowest BCUT2D eigenvalue weighted by Gasteiger charge is -2.21. The van der Waals surface area contributed by atoms with Crippen molar-refractivity contribution in [3.8, 4) is 0 Å². The molecule has 0 bridgehead atoms. The summed E-state index contributed by atoms with van der Waals surface area (Å²) in [5.74, 6) is 5.11. The second-order valence-corrected chi connectivity index (χ2v) is 7.84. The number of pyridine rings is 1. The summed E-state index contributed by atoms with van der Waals surface area (Å²) in [5.41, 5.74) is 5.64. The van der Waals surface area contributed by atoms with E-state index in [1.807, 2.05) is 0 Å². The molecule has 1 unspecified atom stereocenters. The monoisotopic (exact) mass is 462 g/mol. The van der Waals surface area contributed by atoms with E-state index in [1.54, 1.807) is 20.8 Å². The van der Waals surface area contributed by atoms with Gasteiger partial charge in [-0.1, -0.05) is 0 Å². The molecule has 0 saturated carbocycles. The predicted molar refractivity (Wildman–Crippen MR) is 117 cm³/mol. The van der Waals surface area contributed by atoms with Gasteiger partial charge in [0.05, 0.1) is 12.4 Å². The third-order valence-corrected chi connectivity index (χ3v) is 3.89. The fraction of sp³-hybridized carbons (Fsp3) is 0.350. The van der Waals surface area contributed by atoms with Crippen molar-refractivity contribution in [3.63, 3.8) is 0 Å². The molecule has 0 spiro atoms. The smallest absolute Gasteiger partial charge is 0.413 e. The minimum absolute atomic E-state index is 0.0338. The lowest BCUT2D eigenvalue weighted by molar-refractivity contribution is 0.0635. The van der Waals surface area contributed by atoms with Gasteiger partial charge in [-0.2, -0.15) is 4.39 Å². The van der Waals surface area contributed by atoms with Crippen LogP contribution in [0.3, 0.4) is 0 Å². The molecule has 6 N–H and O–H groups in total. The summed E-state index contributed by atoms with van der Waals surface area (Å²) in [6.45, 7) is 6.66. The number of hydrogen-bond acceptors (Lipinski definition) is 10. The van der Waals surface area contributed by atoms with Crippen molar-refractivity contribution >= 4 is 23.7 Å². The first-order valence-electron chi connectivity index (χ1n) is 9.76. The highest BCUT2D eigenvalue weighted by Crippen LogP contribution is 2.19. The average Bonchev–Trinajstić information content (AvgIpc) is 2.70.